The van der Waals surface area contributed by atoms with Crippen molar-refractivity contribution in [2.45, 2.75) is 38.0 Å². The zero-order valence-electron chi connectivity index (χ0n) is 14.3. The minimum atomic E-state index is -0.904. The van der Waals surface area contributed by atoms with Crippen LogP contribution < -0.4 is 4.74 Å². The van der Waals surface area contributed by atoms with E-state index in [0.717, 1.165) is 35.2 Å². The molecule has 0 bridgehead atoms. The summed E-state index contributed by atoms with van der Waals surface area (Å²) in [6, 6.07) is 9.54. The molecule has 0 radical (unpaired) electrons. The van der Waals surface area contributed by atoms with Gasteiger partial charge >= 0.3 is 5.97 Å². The predicted octanol–water partition coefficient (Wildman–Crippen LogP) is 4.43. The molecule has 2 aliphatic carbocycles. The molecule has 1 fully saturated rings. The Kier molecular flexibility index (Phi) is 4.04. The number of benzene rings is 1. The molecule has 0 atom stereocenters. The van der Waals surface area contributed by atoms with Crippen molar-refractivity contribution in [3.05, 3.63) is 64.4 Å². The number of carboxylic acids is 1. The van der Waals surface area contributed by atoms with Gasteiger partial charge in [-0.2, -0.15) is 0 Å². The number of aryl methyl sites for hydroxylation is 1. The van der Waals surface area contributed by atoms with Crippen molar-refractivity contribution < 1.29 is 14.6 Å². The Morgan fingerprint density at radius 1 is 1.20 bits per heavy atom. The maximum Gasteiger partial charge on any atom is 0.335 e. The van der Waals surface area contributed by atoms with Gasteiger partial charge < -0.3 is 9.84 Å². The minimum Gasteiger partial charge on any atom is -0.481 e. The van der Waals surface area contributed by atoms with Crippen LogP contribution in [0.3, 0.4) is 0 Å². The Hall–Kier alpha value is -2.62. The zero-order chi connectivity index (χ0) is 17.4. The molecule has 128 valence electrons. The summed E-state index contributed by atoms with van der Waals surface area (Å²) >= 11 is 0. The molecule has 0 saturated heterocycles. The van der Waals surface area contributed by atoms with Crippen molar-refractivity contribution in [1.29, 1.82) is 0 Å². The van der Waals surface area contributed by atoms with E-state index < -0.39 is 5.97 Å². The number of methoxy groups -OCH3 is 1. The first-order valence-electron chi connectivity index (χ1n) is 8.79. The summed E-state index contributed by atoms with van der Waals surface area (Å²) in [5.41, 5.74) is 5.52. The number of rotatable bonds is 4. The SMILES string of the molecule is COc1nc(C2CCC2)ccc1C1=CCCc2ccc(C(=O)O)cc21. The number of nitrogens with zero attached hydrogens (tertiary/aromatic N) is 1. The van der Waals surface area contributed by atoms with Gasteiger partial charge in [-0.3, -0.25) is 0 Å². The third-order valence-electron chi connectivity index (χ3n) is 5.30. The van der Waals surface area contributed by atoms with Crippen LogP contribution in [-0.2, 0) is 6.42 Å². The first-order valence-corrected chi connectivity index (χ1v) is 8.79. The van der Waals surface area contributed by atoms with Crippen molar-refractivity contribution >= 4 is 11.5 Å². The number of carbonyl (C=O) groups is 1. The molecule has 4 nitrogen and oxygen atoms in total. The first kappa shape index (κ1) is 15.9. The highest BCUT2D eigenvalue weighted by Crippen LogP contribution is 2.40. The molecular formula is C21H21NO3. The Bertz CT molecular complexity index is 865. The topological polar surface area (TPSA) is 59.4 Å². The second-order valence-electron chi connectivity index (χ2n) is 6.75. The second kappa shape index (κ2) is 6.36. The number of aromatic nitrogens is 1. The van der Waals surface area contributed by atoms with E-state index in [1.54, 1.807) is 19.2 Å². The van der Waals surface area contributed by atoms with Gasteiger partial charge in [-0.15, -0.1) is 0 Å². The molecular weight excluding hydrogens is 314 g/mol. The van der Waals surface area contributed by atoms with Crippen LogP contribution in [0.2, 0.25) is 0 Å². The Morgan fingerprint density at radius 3 is 2.72 bits per heavy atom. The highest BCUT2D eigenvalue weighted by atomic mass is 16.5. The van der Waals surface area contributed by atoms with E-state index in [2.05, 4.69) is 18.2 Å². The molecule has 1 aromatic carbocycles. The summed E-state index contributed by atoms with van der Waals surface area (Å²) in [6.45, 7) is 0. The lowest BCUT2D eigenvalue weighted by atomic mass is 9.82. The van der Waals surface area contributed by atoms with Gasteiger partial charge in [0.2, 0.25) is 5.88 Å². The predicted molar refractivity (Wildman–Crippen MR) is 96.2 cm³/mol. The smallest absolute Gasteiger partial charge is 0.335 e. The average molecular weight is 335 g/mol. The number of allylic oxidation sites excluding steroid dienone is 1. The van der Waals surface area contributed by atoms with Crippen LogP contribution in [-0.4, -0.2) is 23.2 Å². The number of pyridine rings is 1. The van der Waals surface area contributed by atoms with E-state index in [1.165, 1.54) is 24.8 Å². The van der Waals surface area contributed by atoms with Gasteiger partial charge in [0.15, 0.2) is 0 Å². The van der Waals surface area contributed by atoms with Crippen LogP contribution in [0.5, 0.6) is 5.88 Å². The molecule has 25 heavy (non-hydrogen) atoms. The summed E-state index contributed by atoms with van der Waals surface area (Å²) < 4.78 is 5.58. The van der Waals surface area contributed by atoms with Gasteiger partial charge in [0, 0.05) is 17.2 Å². The molecule has 2 aromatic rings. The van der Waals surface area contributed by atoms with E-state index in [9.17, 15) is 9.90 Å². The van der Waals surface area contributed by atoms with Crippen molar-refractivity contribution in [1.82, 2.24) is 4.98 Å². The van der Waals surface area contributed by atoms with Gasteiger partial charge in [-0.05, 0) is 66.6 Å². The third kappa shape index (κ3) is 2.82. The molecule has 0 spiro atoms. The van der Waals surface area contributed by atoms with Gasteiger partial charge in [-0.1, -0.05) is 18.6 Å². The Morgan fingerprint density at radius 2 is 2.04 bits per heavy atom. The Labute approximate surface area is 147 Å². The van der Waals surface area contributed by atoms with Crippen molar-refractivity contribution in [3.63, 3.8) is 0 Å². The molecule has 1 saturated carbocycles. The van der Waals surface area contributed by atoms with Crippen LogP contribution in [0, 0.1) is 0 Å². The molecule has 1 heterocycles. The van der Waals surface area contributed by atoms with E-state index in [1.807, 2.05) is 6.07 Å². The van der Waals surface area contributed by atoms with Gasteiger partial charge in [0.1, 0.15) is 0 Å². The van der Waals surface area contributed by atoms with Crippen LogP contribution >= 0.6 is 0 Å². The van der Waals surface area contributed by atoms with Crippen molar-refractivity contribution in [2.24, 2.45) is 0 Å². The summed E-state index contributed by atoms with van der Waals surface area (Å²) in [4.78, 5) is 16.1. The zero-order valence-corrected chi connectivity index (χ0v) is 14.3. The fourth-order valence-corrected chi connectivity index (χ4v) is 3.66. The number of fused-ring (bicyclic) bond motifs is 1. The van der Waals surface area contributed by atoms with Crippen LogP contribution in [0.4, 0.5) is 0 Å². The largest absolute Gasteiger partial charge is 0.481 e. The number of aromatic carboxylic acids is 1. The van der Waals surface area contributed by atoms with Crippen molar-refractivity contribution in [3.8, 4) is 5.88 Å². The molecule has 0 unspecified atom stereocenters. The molecule has 4 rings (SSSR count). The molecule has 1 aromatic heterocycles. The van der Waals surface area contributed by atoms with Crippen LogP contribution in [0.1, 0.15) is 64.3 Å². The van der Waals surface area contributed by atoms with E-state index in [4.69, 9.17) is 9.72 Å². The first-order chi connectivity index (χ1) is 12.2. The summed E-state index contributed by atoms with van der Waals surface area (Å²) in [6.07, 6.45) is 7.69. The van der Waals surface area contributed by atoms with Gasteiger partial charge in [0.05, 0.1) is 12.7 Å². The monoisotopic (exact) mass is 335 g/mol. The number of hydrogen-bond donors (Lipinski definition) is 1. The van der Waals surface area contributed by atoms with Gasteiger partial charge in [-0.25, -0.2) is 9.78 Å². The molecule has 4 heteroatoms. The second-order valence-corrected chi connectivity index (χ2v) is 6.75. The lowest BCUT2D eigenvalue weighted by Crippen LogP contribution is -2.12. The average Bonchev–Trinajstić information content (AvgIpc) is 2.59. The summed E-state index contributed by atoms with van der Waals surface area (Å²) in [7, 11) is 1.65. The van der Waals surface area contributed by atoms with Gasteiger partial charge in [0.25, 0.3) is 0 Å². The maximum absolute atomic E-state index is 11.4. The minimum absolute atomic E-state index is 0.310. The fraction of sp³-hybridized carbons (Fsp3) is 0.333. The van der Waals surface area contributed by atoms with Crippen LogP contribution in [0.15, 0.2) is 36.4 Å². The highest BCUT2D eigenvalue weighted by molar-refractivity contribution is 5.92. The normalized spacial score (nSPS) is 16.6. The van der Waals surface area contributed by atoms with E-state index >= 15 is 0 Å². The molecule has 2 aliphatic rings. The van der Waals surface area contributed by atoms with E-state index in [0.29, 0.717) is 17.4 Å². The summed E-state index contributed by atoms with van der Waals surface area (Å²) in [5.74, 6) is 0.275. The molecule has 0 amide bonds. The third-order valence-corrected chi connectivity index (χ3v) is 5.30. The molecule has 1 N–H and O–H groups in total. The molecule has 0 aliphatic heterocycles. The summed E-state index contributed by atoms with van der Waals surface area (Å²) in [5, 5.41) is 9.32. The number of hydrogen-bond acceptors (Lipinski definition) is 3. The standard InChI is InChI=1S/C21H21NO3/c1-25-20-17(10-11-19(22-20)14-5-2-6-14)16-7-3-4-13-8-9-15(21(23)24)12-18(13)16/h7-12,14H,2-6H2,1H3,(H,23,24). The number of carboxylic acid groups (broad SMARTS) is 1. The van der Waals surface area contributed by atoms with Crippen LogP contribution in [0.25, 0.3) is 5.57 Å². The highest BCUT2D eigenvalue weighted by Gasteiger charge is 2.24. The lowest BCUT2D eigenvalue weighted by molar-refractivity contribution is 0.0697. The fourth-order valence-electron chi connectivity index (χ4n) is 3.66. The Balaban J connectivity index is 1.78. The van der Waals surface area contributed by atoms with Crippen molar-refractivity contribution in [2.75, 3.05) is 7.11 Å². The lowest BCUT2D eigenvalue weighted by Gasteiger charge is -2.26. The maximum atomic E-state index is 11.4. The number of ether oxygens (including phenoxy) is 1. The quantitative estimate of drug-likeness (QED) is 0.898. The van der Waals surface area contributed by atoms with E-state index in [-0.39, 0.29) is 0 Å².